The average Bonchev–Trinajstić information content (AvgIpc) is 3.03. The van der Waals surface area contributed by atoms with E-state index >= 15 is 0 Å². The molecule has 144 valence electrons. The lowest BCUT2D eigenvalue weighted by Gasteiger charge is -2.35. The van der Waals surface area contributed by atoms with Gasteiger partial charge >= 0.3 is 6.09 Å². The molecule has 3 rings (SSSR count). The number of hydrogen-bond acceptors (Lipinski definition) is 5. The van der Waals surface area contributed by atoms with Crippen LogP contribution in [0.3, 0.4) is 0 Å². The Morgan fingerprint density at radius 2 is 2.07 bits per heavy atom. The van der Waals surface area contributed by atoms with Crippen LogP contribution in [0.4, 0.5) is 20.6 Å². The van der Waals surface area contributed by atoms with E-state index in [0.717, 1.165) is 17.9 Å². The van der Waals surface area contributed by atoms with E-state index in [9.17, 15) is 9.18 Å². The van der Waals surface area contributed by atoms with Gasteiger partial charge in [0.25, 0.3) is 0 Å². The molecule has 0 spiro atoms. The summed E-state index contributed by atoms with van der Waals surface area (Å²) in [7, 11) is 0. The molecule has 1 aromatic rings. The van der Waals surface area contributed by atoms with E-state index in [1.54, 1.807) is 11.8 Å². The van der Waals surface area contributed by atoms with Crippen LogP contribution in [0.25, 0.3) is 0 Å². The number of carbonyl (C=O) groups excluding carboxylic acids is 1. The van der Waals surface area contributed by atoms with Crippen molar-refractivity contribution in [1.82, 2.24) is 5.32 Å². The molecule has 1 amide bonds. The summed E-state index contributed by atoms with van der Waals surface area (Å²) >= 11 is 4.98. The topological polar surface area (TPSA) is 68.6 Å². The SMILES string of the molecule is CC(=S)NCC1CN(c2ccc(N3CCC(CC#N)C(F)C3)cc2)C(=O)O1. The van der Waals surface area contributed by atoms with Crippen molar-refractivity contribution in [3.63, 3.8) is 0 Å². The Bertz CT molecular complexity index is 736. The van der Waals surface area contributed by atoms with Crippen LogP contribution in [0.15, 0.2) is 24.3 Å². The number of halogens is 1. The number of alkyl halides is 1. The molecule has 6 nitrogen and oxygen atoms in total. The summed E-state index contributed by atoms with van der Waals surface area (Å²) in [5, 5.41) is 11.8. The minimum Gasteiger partial charge on any atom is -0.442 e. The predicted molar refractivity (Wildman–Crippen MR) is 106 cm³/mol. The van der Waals surface area contributed by atoms with Crippen LogP contribution in [-0.2, 0) is 4.74 Å². The number of carbonyl (C=O) groups is 1. The van der Waals surface area contributed by atoms with Crippen molar-refractivity contribution in [2.45, 2.75) is 32.0 Å². The maximum Gasteiger partial charge on any atom is 0.414 e. The first-order valence-electron chi connectivity index (χ1n) is 9.06. The summed E-state index contributed by atoms with van der Waals surface area (Å²) in [6, 6.07) is 9.56. The number of amides is 1. The number of cyclic esters (lactones) is 1. The minimum atomic E-state index is -0.996. The predicted octanol–water partition coefficient (Wildman–Crippen LogP) is 3.03. The van der Waals surface area contributed by atoms with Gasteiger partial charge in [-0.15, -0.1) is 0 Å². The molecule has 2 fully saturated rings. The van der Waals surface area contributed by atoms with E-state index in [1.807, 2.05) is 29.2 Å². The number of benzene rings is 1. The molecular weight excluding hydrogens is 367 g/mol. The van der Waals surface area contributed by atoms with E-state index in [0.29, 0.717) is 31.0 Å². The molecule has 1 N–H and O–H groups in total. The van der Waals surface area contributed by atoms with Crippen molar-refractivity contribution in [2.75, 3.05) is 36.0 Å². The lowest BCUT2D eigenvalue weighted by atomic mass is 9.92. The van der Waals surface area contributed by atoms with E-state index in [2.05, 4.69) is 11.4 Å². The molecule has 8 heteroatoms. The fourth-order valence-electron chi connectivity index (χ4n) is 3.47. The number of hydrogen-bond donors (Lipinski definition) is 1. The first-order valence-corrected chi connectivity index (χ1v) is 9.47. The fraction of sp³-hybridized carbons (Fsp3) is 0.526. The summed E-state index contributed by atoms with van der Waals surface area (Å²) in [5.41, 5.74) is 1.67. The Morgan fingerprint density at radius 1 is 1.37 bits per heavy atom. The molecule has 1 aromatic carbocycles. The summed E-state index contributed by atoms with van der Waals surface area (Å²) in [6.45, 7) is 3.75. The summed E-state index contributed by atoms with van der Waals surface area (Å²) in [4.78, 5) is 16.4. The molecule has 2 heterocycles. The lowest BCUT2D eigenvalue weighted by molar-refractivity contribution is 0.143. The second-order valence-corrected chi connectivity index (χ2v) is 7.56. The van der Waals surface area contributed by atoms with E-state index in [-0.39, 0.29) is 24.5 Å². The van der Waals surface area contributed by atoms with Crippen LogP contribution in [0.5, 0.6) is 0 Å². The van der Waals surface area contributed by atoms with Gasteiger partial charge < -0.3 is 15.0 Å². The number of rotatable bonds is 5. The number of nitrogens with one attached hydrogen (secondary N) is 1. The fourth-order valence-corrected chi connectivity index (χ4v) is 3.56. The van der Waals surface area contributed by atoms with Gasteiger partial charge in [-0.25, -0.2) is 9.18 Å². The number of nitriles is 1. The Labute approximate surface area is 163 Å². The van der Waals surface area contributed by atoms with Crippen molar-refractivity contribution < 1.29 is 13.9 Å². The maximum absolute atomic E-state index is 14.2. The number of nitrogens with zero attached hydrogens (tertiary/aromatic N) is 3. The molecule has 0 aromatic heterocycles. The van der Waals surface area contributed by atoms with Gasteiger partial charge in [0.1, 0.15) is 12.3 Å². The molecule has 3 unspecified atom stereocenters. The normalized spacial score (nSPS) is 25.1. The van der Waals surface area contributed by atoms with E-state index in [1.165, 1.54) is 0 Å². The number of thiocarbonyl (C=S) groups is 1. The van der Waals surface area contributed by atoms with E-state index < -0.39 is 6.17 Å². The largest absolute Gasteiger partial charge is 0.442 e. The molecule has 0 aliphatic carbocycles. The van der Waals surface area contributed by atoms with Crippen molar-refractivity contribution in [3.8, 4) is 6.07 Å². The van der Waals surface area contributed by atoms with Crippen LogP contribution in [-0.4, -0.2) is 49.5 Å². The summed E-state index contributed by atoms with van der Waals surface area (Å²) in [5.74, 6) is -0.175. The number of ether oxygens (including phenoxy) is 1. The maximum atomic E-state index is 14.2. The molecule has 0 bridgehead atoms. The highest BCUT2D eigenvalue weighted by Gasteiger charge is 2.33. The third-order valence-corrected chi connectivity index (χ3v) is 5.15. The zero-order valence-electron chi connectivity index (χ0n) is 15.2. The van der Waals surface area contributed by atoms with Crippen LogP contribution >= 0.6 is 12.2 Å². The van der Waals surface area contributed by atoms with Crippen molar-refractivity contribution in [1.29, 1.82) is 5.26 Å². The number of anilines is 2. The molecule has 2 aliphatic rings. The van der Waals surface area contributed by atoms with E-state index in [4.69, 9.17) is 22.2 Å². The molecule has 2 saturated heterocycles. The van der Waals surface area contributed by atoms with Crippen LogP contribution in [0.2, 0.25) is 0 Å². The van der Waals surface area contributed by atoms with Gasteiger partial charge in [0.05, 0.1) is 24.1 Å². The zero-order chi connectivity index (χ0) is 19.4. The lowest BCUT2D eigenvalue weighted by Crippen LogP contribution is -2.41. The summed E-state index contributed by atoms with van der Waals surface area (Å²) in [6.07, 6.45) is -0.684. The third-order valence-electron chi connectivity index (χ3n) is 5.01. The van der Waals surface area contributed by atoms with Gasteiger partial charge in [0, 0.05) is 36.8 Å². The molecule has 0 radical (unpaired) electrons. The Kier molecular flexibility index (Phi) is 6.11. The highest BCUT2D eigenvalue weighted by Crippen LogP contribution is 2.29. The molecule has 27 heavy (non-hydrogen) atoms. The van der Waals surface area contributed by atoms with Gasteiger partial charge in [-0.1, -0.05) is 12.2 Å². The van der Waals surface area contributed by atoms with Crippen molar-refractivity contribution >= 4 is 34.7 Å². The Hall–Kier alpha value is -2.40. The number of piperidine rings is 1. The summed E-state index contributed by atoms with van der Waals surface area (Å²) < 4.78 is 19.6. The standard InChI is InChI=1S/C19H23FN4O2S/c1-13(27)22-10-17-11-24(19(25)26-17)16-4-2-15(3-5-16)23-9-7-14(6-8-21)18(20)12-23/h2-5,14,17-18H,6-7,9-12H2,1H3,(H,22,27). The van der Waals surface area contributed by atoms with Crippen molar-refractivity contribution in [3.05, 3.63) is 24.3 Å². The quantitative estimate of drug-likeness (QED) is 0.780. The Morgan fingerprint density at radius 3 is 2.70 bits per heavy atom. The second kappa shape index (κ2) is 8.53. The van der Waals surface area contributed by atoms with Gasteiger partial charge in [-0.05, 0) is 37.6 Å². The second-order valence-electron chi connectivity index (χ2n) is 6.94. The highest BCUT2D eigenvalue weighted by atomic mass is 32.1. The van der Waals surface area contributed by atoms with Crippen LogP contribution in [0.1, 0.15) is 19.8 Å². The smallest absolute Gasteiger partial charge is 0.414 e. The Balaban J connectivity index is 1.60. The third kappa shape index (κ3) is 4.66. The molecule has 2 aliphatic heterocycles. The van der Waals surface area contributed by atoms with Crippen LogP contribution < -0.4 is 15.1 Å². The minimum absolute atomic E-state index is 0.175. The monoisotopic (exact) mass is 390 g/mol. The zero-order valence-corrected chi connectivity index (χ0v) is 16.0. The van der Waals surface area contributed by atoms with Gasteiger partial charge in [-0.2, -0.15) is 5.26 Å². The molecular formula is C19H23FN4O2S. The van der Waals surface area contributed by atoms with Crippen LogP contribution in [0, 0.1) is 17.2 Å². The van der Waals surface area contributed by atoms with Gasteiger partial charge in [0.15, 0.2) is 0 Å². The molecule has 0 saturated carbocycles. The van der Waals surface area contributed by atoms with Gasteiger partial charge in [0.2, 0.25) is 0 Å². The first-order chi connectivity index (χ1) is 13.0. The average molecular weight is 390 g/mol. The van der Waals surface area contributed by atoms with Gasteiger partial charge in [-0.3, -0.25) is 4.90 Å². The van der Waals surface area contributed by atoms with Crippen molar-refractivity contribution in [2.24, 2.45) is 5.92 Å². The highest BCUT2D eigenvalue weighted by molar-refractivity contribution is 7.80. The first kappa shape index (κ1) is 19.4. The molecule has 3 atom stereocenters.